The Bertz CT molecular complexity index is 964. The zero-order chi connectivity index (χ0) is 21.0. The Morgan fingerprint density at radius 1 is 1.28 bits per heavy atom. The van der Waals surface area contributed by atoms with E-state index in [1.165, 1.54) is 6.08 Å². The highest BCUT2D eigenvalue weighted by molar-refractivity contribution is 6.02. The van der Waals surface area contributed by atoms with Crippen molar-refractivity contribution in [1.82, 2.24) is 5.32 Å². The fourth-order valence-electron chi connectivity index (χ4n) is 3.26. The fourth-order valence-corrected chi connectivity index (χ4v) is 3.26. The van der Waals surface area contributed by atoms with Crippen LogP contribution in [0, 0.1) is 11.3 Å². The molecule has 7 nitrogen and oxygen atoms in total. The van der Waals surface area contributed by atoms with Gasteiger partial charge in [0.1, 0.15) is 23.9 Å². The first-order valence-corrected chi connectivity index (χ1v) is 9.48. The van der Waals surface area contributed by atoms with E-state index in [0.717, 1.165) is 22.0 Å². The molecule has 0 bridgehead atoms. The summed E-state index contributed by atoms with van der Waals surface area (Å²) < 4.78 is 5.39. The van der Waals surface area contributed by atoms with Crippen molar-refractivity contribution in [2.24, 2.45) is 0 Å². The van der Waals surface area contributed by atoms with Crippen molar-refractivity contribution in [3.05, 3.63) is 47.5 Å². The van der Waals surface area contributed by atoms with Gasteiger partial charge in [-0.2, -0.15) is 5.26 Å². The predicted octanol–water partition coefficient (Wildman–Crippen LogP) is 1.44. The van der Waals surface area contributed by atoms with Gasteiger partial charge in [-0.05, 0) is 47.0 Å². The van der Waals surface area contributed by atoms with Crippen LogP contribution >= 0.6 is 0 Å². The van der Waals surface area contributed by atoms with E-state index in [-0.39, 0.29) is 12.1 Å². The van der Waals surface area contributed by atoms with Gasteiger partial charge in [0.25, 0.3) is 5.91 Å². The SMILES string of the molecule is CN(C)c1ccc2cc(/C=C(\C#N)C(=O)NC[C@H]3OCC[C@@H](O)[C@@H]3O)ccc2c1. The zero-order valence-electron chi connectivity index (χ0n) is 16.5. The van der Waals surface area contributed by atoms with E-state index in [4.69, 9.17) is 4.74 Å². The molecule has 3 atom stereocenters. The molecule has 3 N–H and O–H groups in total. The van der Waals surface area contributed by atoms with Gasteiger partial charge in [0, 0.05) is 32.9 Å². The van der Waals surface area contributed by atoms with E-state index in [9.17, 15) is 20.3 Å². The van der Waals surface area contributed by atoms with Gasteiger partial charge in [-0.3, -0.25) is 4.79 Å². The molecular formula is C22H25N3O4. The van der Waals surface area contributed by atoms with E-state index in [1.807, 2.05) is 55.4 Å². The lowest BCUT2D eigenvalue weighted by Gasteiger charge is -2.31. The Morgan fingerprint density at radius 2 is 2.00 bits per heavy atom. The molecule has 29 heavy (non-hydrogen) atoms. The van der Waals surface area contributed by atoms with Crippen LogP contribution in [-0.2, 0) is 9.53 Å². The summed E-state index contributed by atoms with van der Waals surface area (Å²) in [6.45, 7) is 0.327. The monoisotopic (exact) mass is 395 g/mol. The number of carbonyl (C=O) groups excluding carboxylic acids is 1. The summed E-state index contributed by atoms with van der Waals surface area (Å²) >= 11 is 0. The van der Waals surface area contributed by atoms with Crippen molar-refractivity contribution in [2.75, 3.05) is 32.1 Å². The number of nitrogens with one attached hydrogen (secondary N) is 1. The summed E-state index contributed by atoms with van der Waals surface area (Å²) in [4.78, 5) is 14.4. The Kier molecular flexibility index (Phi) is 6.49. The molecule has 2 aromatic carbocycles. The third kappa shape index (κ3) is 4.93. The van der Waals surface area contributed by atoms with Gasteiger partial charge >= 0.3 is 0 Å². The molecule has 0 aliphatic carbocycles. The van der Waals surface area contributed by atoms with E-state index in [1.54, 1.807) is 0 Å². The molecule has 3 rings (SSSR count). The van der Waals surface area contributed by atoms with Crippen LogP contribution < -0.4 is 10.2 Å². The van der Waals surface area contributed by atoms with Crippen LogP contribution in [0.4, 0.5) is 5.69 Å². The first-order chi connectivity index (χ1) is 13.9. The third-order valence-corrected chi connectivity index (χ3v) is 5.02. The number of nitriles is 1. The average Bonchev–Trinajstić information content (AvgIpc) is 2.72. The average molecular weight is 395 g/mol. The Morgan fingerprint density at radius 3 is 2.72 bits per heavy atom. The highest BCUT2D eigenvalue weighted by atomic mass is 16.5. The lowest BCUT2D eigenvalue weighted by Crippen LogP contribution is -2.50. The van der Waals surface area contributed by atoms with Crippen LogP contribution in [0.1, 0.15) is 12.0 Å². The molecule has 0 spiro atoms. The number of aliphatic hydroxyl groups excluding tert-OH is 2. The van der Waals surface area contributed by atoms with Crippen LogP contribution in [0.2, 0.25) is 0 Å². The molecule has 1 aliphatic rings. The summed E-state index contributed by atoms with van der Waals surface area (Å²) in [7, 11) is 3.96. The maximum atomic E-state index is 12.4. The number of anilines is 1. The van der Waals surface area contributed by atoms with Gasteiger partial charge in [-0.25, -0.2) is 0 Å². The molecular weight excluding hydrogens is 370 g/mol. The lowest BCUT2D eigenvalue weighted by atomic mass is 10.0. The molecule has 1 saturated heterocycles. The summed E-state index contributed by atoms with van der Waals surface area (Å²) in [6, 6.07) is 13.7. The number of ether oxygens (including phenoxy) is 1. The first kappa shape index (κ1) is 20.8. The molecule has 2 aromatic rings. The topological polar surface area (TPSA) is 106 Å². The molecule has 152 valence electrons. The standard InChI is InChI=1S/C22H25N3O4/c1-25(2)18-6-5-15-9-14(3-4-16(15)11-18)10-17(12-23)22(28)24-13-20-21(27)19(26)7-8-29-20/h3-6,9-11,19-21,26-27H,7-8,13H2,1-2H3,(H,24,28)/b17-10+/t19-,20-,21+/m1/s1. The van der Waals surface area contributed by atoms with Gasteiger partial charge in [-0.1, -0.05) is 18.2 Å². The molecule has 0 radical (unpaired) electrons. The van der Waals surface area contributed by atoms with Crippen molar-refractivity contribution in [1.29, 1.82) is 5.26 Å². The molecule has 0 saturated carbocycles. The minimum Gasteiger partial charge on any atom is -0.390 e. The Hall–Kier alpha value is -2.92. The summed E-state index contributed by atoms with van der Waals surface area (Å²) in [5, 5.41) is 33.7. The fraction of sp³-hybridized carbons (Fsp3) is 0.364. The second-order valence-electron chi connectivity index (χ2n) is 7.32. The Balaban J connectivity index is 1.72. The van der Waals surface area contributed by atoms with Crippen molar-refractivity contribution >= 4 is 28.4 Å². The number of amides is 1. The number of aliphatic hydroxyl groups is 2. The van der Waals surface area contributed by atoms with Gasteiger partial charge in [0.15, 0.2) is 0 Å². The minimum absolute atomic E-state index is 0.0150. The molecule has 7 heteroatoms. The van der Waals surface area contributed by atoms with Crippen LogP contribution in [0.5, 0.6) is 0 Å². The quantitative estimate of drug-likeness (QED) is 0.523. The second kappa shape index (κ2) is 9.05. The van der Waals surface area contributed by atoms with Gasteiger partial charge < -0.3 is 25.2 Å². The largest absolute Gasteiger partial charge is 0.390 e. The molecule has 0 unspecified atom stereocenters. The van der Waals surface area contributed by atoms with E-state index in [0.29, 0.717) is 13.0 Å². The molecule has 0 aromatic heterocycles. The van der Waals surface area contributed by atoms with Crippen molar-refractivity contribution in [3.63, 3.8) is 0 Å². The second-order valence-corrected chi connectivity index (χ2v) is 7.32. The van der Waals surface area contributed by atoms with E-state index < -0.39 is 24.2 Å². The summed E-state index contributed by atoms with van der Waals surface area (Å²) in [5.74, 6) is -0.550. The number of hydrogen-bond donors (Lipinski definition) is 3. The zero-order valence-corrected chi connectivity index (χ0v) is 16.5. The molecule has 1 aliphatic heterocycles. The van der Waals surface area contributed by atoms with E-state index >= 15 is 0 Å². The van der Waals surface area contributed by atoms with Crippen LogP contribution in [0.25, 0.3) is 16.8 Å². The third-order valence-electron chi connectivity index (χ3n) is 5.02. The lowest BCUT2D eigenvalue weighted by molar-refractivity contribution is -0.136. The van der Waals surface area contributed by atoms with Crippen LogP contribution in [-0.4, -0.2) is 61.7 Å². The van der Waals surface area contributed by atoms with Crippen molar-refractivity contribution < 1.29 is 19.7 Å². The highest BCUT2D eigenvalue weighted by Crippen LogP contribution is 2.23. The van der Waals surface area contributed by atoms with E-state index in [2.05, 4.69) is 11.4 Å². The number of hydrogen-bond acceptors (Lipinski definition) is 6. The smallest absolute Gasteiger partial charge is 0.262 e. The molecule has 1 heterocycles. The predicted molar refractivity (Wildman–Crippen MR) is 111 cm³/mol. The van der Waals surface area contributed by atoms with Gasteiger partial charge in [0.05, 0.1) is 6.10 Å². The summed E-state index contributed by atoms with van der Waals surface area (Å²) in [5.41, 5.74) is 1.79. The van der Waals surface area contributed by atoms with Crippen LogP contribution in [0.3, 0.4) is 0 Å². The minimum atomic E-state index is -1.06. The van der Waals surface area contributed by atoms with Crippen molar-refractivity contribution in [3.8, 4) is 6.07 Å². The number of nitrogens with zero attached hydrogens (tertiary/aromatic N) is 2. The highest BCUT2D eigenvalue weighted by Gasteiger charge is 2.31. The number of carbonyl (C=O) groups is 1. The summed E-state index contributed by atoms with van der Waals surface area (Å²) in [6.07, 6.45) is -0.753. The van der Waals surface area contributed by atoms with Crippen LogP contribution in [0.15, 0.2) is 42.0 Å². The Labute approximate surface area is 169 Å². The van der Waals surface area contributed by atoms with Gasteiger partial charge in [-0.15, -0.1) is 0 Å². The first-order valence-electron chi connectivity index (χ1n) is 9.48. The molecule has 1 fully saturated rings. The molecule has 1 amide bonds. The maximum absolute atomic E-state index is 12.4. The maximum Gasteiger partial charge on any atom is 0.262 e. The number of fused-ring (bicyclic) bond motifs is 1. The normalized spacial score (nSPS) is 22.2. The number of benzene rings is 2. The number of rotatable bonds is 5. The van der Waals surface area contributed by atoms with Gasteiger partial charge in [0.2, 0.25) is 0 Å². The van der Waals surface area contributed by atoms with Crippen molar-refractivity contribution in [2.45, 2.75) is 24.7 Å².